The van der Waals surface area contributed by atoms with E-state index in [9.17, 15) is 0 Å². The Kier molecular flexibility index (Phi) is 3.47. The van der Waals surface area contributed by atoms with Gasteiger partial charge in [0, 0.05) is 50.8 Å². The number of rotatable bonds is 4. The Bertz CT molecular complexity index is 520. The van der Waals surface area contributed by atoms with E-state index in [1.807, 2.05) is 45.6 Å². The summed E-state index contributed by atoms with van der Waals surface area (Å²) in [5.41, 5.74) is 2.18. The van der Waals surface area contributed by atoms with Crippen molar-refractivity contribution in [3.63, 3.8) is 0 Å². The lowest BCUT2D eigenvalue weighted by Crippen LogP contribution is -2.24. The molecule has 1 aromatic heterocycles. The summed E-state index contributed by atoms with van der Waals surface area (Å²) in [7, 11) is 4.08. The van der Waals surface area contributed by atoms with E-state index in [-0.39, 0.29) is 0 Å². The van der Waals surface area contributed by atoms with Crippen molar-refractivity contribution in [2.75, 3.05) is 32.1 Å². The van der Waals surface area contributed by atoms with Crippen LogP contribution in [-0.2, 0) is 0 Å². The van der Waals surface area contributed by atoms with E-state index in [2.05, 4.69) is 25.8 Å². The number of fused-ring (bicyclic) bond motifs is 1. The zero-order chi connectivity index (χ0) is 14.1. The molecule has 2 fully saturated rings. The van der Waals surface area contributed by atoms with Crippen LogP contribution in [0.5, 0.6) is 0 Å². The second-order valence-electron chi connectivity index (χ2n) is 5.90. The average Bonchev–Trinajstić information content (AvgIpc) is 3.06. The molecular formula is C16H22N4. The van der Waals surface area contributed by atoms with Gasteiger partial charge in [-0.1, -0.05) is 12.2 Å². The minimum absolute atomic E-state index is 0.880. The summed E-state index contributed by atoms with van der Waals surface area (Å²) in [5, 5.41) is 0. The molecule has 0 bridgehead atoms. The van der Waals surface area contributed by atoms with E-state index in [1.54, 1.807) is 0 Å². The van der Waals surface area contributed by atoms with Gasteiger partial charge in [0.2, 0.25) is 5.95 Å². The second kappa shape index (κ2) is 5.27. The van der Waals surface area contributed by atoms with Crippen LogP contribution in [0.15, 0.2) is 30.6 Å². The van der Waals surface area contributed by atoms with Crippen molar-refractivity contribution >= 4 is 11.6 Å². The molecule has 2 atom stereocenters. The van der Waals surface area contributed by atoms with Gasteiger partial charge in [-0.25, -0.2) is 9.97 Å². The van der Waals surface area contributed by atoms with Crippen molar-refractivity contribution in [3.8, 4) is 0 Å². The van der Waals surface area contributed by atoms with Crippen LogP contribution in [0.25, 0.3) is 5.70 Å². The Balaban J connectivity index is 1.77. The summed E-state index contributed by atoms with van der Waals surface area (Å²) in [6.07, 6.45) is 11.4. The molecule has 1 saturated heterocycles. The van der Waals surface area contributed by atoms with Gasteiger partial charge in [0.25, 0.3) is 0 Å². The molecule has 0 radical (unpaired) electrons. The van der Waals surface area contributed by atoms with Crippen molar-refractivity contribution in [2.24, 2.45) is 11.8 Å². The van der Waals surface area contributed by atoms with Crippen LogP contribution in [0.4, 0.5) is 5.95 Å². The minimum Gasteiger partial charge on any atom is -0.377 e. The van der Waals surface area contributed by atoms with Crippen LogP contribution in [0, 0.1) is 11.8 Å². The van der Waals surface area contributed by atoms with Crippen molar-refractivity contribution < 1.29 is 0 Å². The van der Waals surface area contributed by atoms with Crippen LogP contribution in [0.2, 0.25) is 0 Å². The lowest BCUT2D eigenvalue weighted by molar-refractivity contribution is 0.591. The van der Waals surface area contributed by atoms with Gasteiger partial charge in [-0.05, 0) is 31.3 Å². The summed E-state index contributed by atoms with van der Waals surface area (Å²) in [5.74, 6) is 2.69. The third kappa shape index (κ3) is 2.55. The molecule has 2 heterocycles. The molecule has 4 heteroatoms. The predicted octanol–water partition coefficient (Wildman–Crippen LogP) is 2.41. The van der Waals surface area contributed by atoms with E-state index in [0.29, 0.717) is 0 Å². The fourth-order valence-electron chi connectivity index (χ4n) is 2.87. The zero-order valence-corrected chi connectivity index (χ0v) is 12.5. The van der Waals surface area contributed by atoms with Crippen LogP contribution >= 0.6 is 0 Å². The molecule has 0 N–H and O–H groups in total. The molecule has 106 valence electrons. The van der Waals surface area contributed by atoms with Gasteiger partial charge < -0.3 is 9.80 Å². The van der Waals surface area contributed by atoms with Crippen molar-refractivity contribution in [3.05, 3.63) is 36.2 Å². The first-order chi connectivity index (χ1) is 9.69. The monoisotopic (exact) mass is 270 g/mol. The molecule has 2 unspecified atom stereocenters. The average molecular weight is 270 g/mol. The SMILES string of the molecule is C/C=C\C=C(\c1cnc(N2CC3CC3C2)nc1)N(C)C. The zero-order valence-electron chi connectivity index (χ0n) is 12.5. The quantitative estimate of drug-likeness (QED) is 0.787. The Morgan fingerprint density at radius 3 is 2.45 bits per heavy atom. The molecular weight excluding hydrogens is 248 g/mol. The number of allylic oxidation sites excluding steroid dienone is 3. The topological polar surface area (TPSA) is 32.3 Å². The number of hydrogen-bond donors (Lipinski definition) is 0. The van der Waals surface area contributed by atoms with Gasteiger partial charge in [0.1, 0.15) is 0 Å². The highest BCUT2D eigenvalue weighted by Crippen LogP contribution is 2.45. The largest absolute Gasteiger partial charge is 0.377 e. The first-order valence-corrected chi connectivity index (χ1v) is 7.26. The van der Waals surface area contributed by atoms with E-state index >= 15 is 0 Å². The molecule has 0 aromatic carbocycles. The molecule has 1 aliphatic heterocycles. The van der Waals surface area contributed by atoms with Gasteiger partial charge in [-0.15, -0.1) is 0 Å². The van der Waals surface area contributed by atoms with Crippen molar-refractivity contribution in [1.29, 1.82) is 0 Å². The Morgan fingerprint density at radius 1 is 1.25 bits per heavy atom. The molecule has 1 aliphatic carbocycles. The van der Waals surface area contributed by atoms with Crippen molar-refractivity contribution in [1.82, 2.24) is 14.9 Å². The molecule has 1 saturated carbocycles. The smallest absolute Gasteiger partial charge is 0.225 e. The summed E-state index contributed by atoms with van der Waals surface area (Å²) in [6, 6.07) is 0. The number of hydrogen-bond acceptors (Lipinski definition) is 4. The number of aromatic nitrogens is 2. The van der Waals surface area contributed by atoms with Crippen LogP contribution < -0.4 is 4.90 Å². The molecule has 20 heavy (non-hydrogen) atoms. The third-order valence-corrected chi connectivity index (χ3v) is 4.12. The number of nitrogens with zero attached hydrogens (tertiary/aromatic N) is 4. The van der Waals surface area contributed by atoms with Gasteiger partial charge in [0.05, 0.1) is 0 Å². The van der Waals surface area contributed by atoms with E-state index in [0.717, 1.165) is 42.1 Å². The number of anilines is 1. The van der Waals surface area contributed by atoms with Crippen molar-refractivity contribution in [2.45, 2.75) is 13.3 Å². The minimum atomic E-state index is 0.880. The summed E-state index contributed by atoms with van der Waals surface area (Å²) < 4.78 is 0. The molecule has 4 nitrogen and oxygen atoms in total. The first-order valence-electron chi connectivity index (χ1n) is 7.26. The molecule has 2 aliphatic rings. The second-order valence-corrected chi connectivity index (χ2v) is 5.90. The van der Waals surface area contributed by atoms with E-state index in [4.69, 9.17) is 0 Å². The summed E-state index contributed by atoms with van der Waals surface area (Å²) in [6.45, 7) is 4.29. The highest BCUT2D eigenvalue weighted by atomic mass is 15.3. The predicted molar refractivity (Wildman–Crippen MR) is 82.3 cm³/mol. The third-order valence-electron chi connectivity index (χ3n) is 4.12. The standard InChI is InChI=1S/C16H22N4/c1-4-5-6-15(19(2)3)14-8-17-16(18-9-14)20-10-12-7-13(12)11-20/h4-6,8-9,12-13H,7,10-11H2,1-3H3/b5-4-,15-6-. The molecule has 3 rings (SSSR count). The number of piperidine rings is 1. The molecule has 1 aromatic rings. The fourth-order valence-corrected chi connectivity index (χ4v) is 2.87. The highest BCUT2D eigenvalue weighted by molar-refractivity contribution is 5.64. The van der Waals surface area contributed by atoms with Gasteiger partial charge in [0.15, 0.2) is 0 Å². The maximum absolute atomic E-state index is 4.55. The maximum atomic E-state index is 4.55. The fraction of sp³-hybridized carbons (Fsp3) is 0.500. The van der Waals surface area contributed by atoms with Gasteiger partial charge in [-0.3, -0.25) is 0 Å². The van der Waals surface area contributed by atoms with E-state index < -0.39 is 0 Å². The lowest BCUT2D eigenvalue weighted by Gasteiger charge is -2.19. The molecule has 0 amide bonds. The van der Waals surface area contributed by atoms with Crippen LogP contribution in [0.3, 0.4) is 0 Å². The van der Waals surface area contributed by atoms with Crippen LogP contribution in [0.1, 0.15) is 18.9 Å². The Morgan fingerprint density at radius 2 is 1.90 bits per heavy atom. The first kappa shape index (κ1) is 13.2. The highest BCUT2D eigenvalue weighted by Gasteiger charge is 2.45. The lowest BCUT2D eigenvalue weighted by atomic mass is 10.2. The summed E-state index contributed by atoms with van der Waals surface area (Å²) >= 11 is 0. The van der Waals surface area contributed by atoms with Crippen LogP contribution in [-0.4, -0.2) is 42.1 Å². The van der Waals surface area contributed by atoms with E-state index in [1.165, 1.54) is 6.42 Å². The molecule has 0 spiro atoms. The van der Waals surface area contributed by atoms with Gasteiger partial charge in [-0.2, -0.15) is 0 Å². The summed E-state index contributed by atoms with van der Waals surface area (Å²) in [4.78, 5) is 13.5. The Hall–Kier alpha value is -1.84. The Labute approximate surface area is 120 Å². The van der Waals surface area contributed by atoms with Gasteiger partial charge >= 0.3 is 0 Å². The maximum Gasteiger partial charge on any atom is 0.225 e. The normalized spacial score (nSPS) is 25.1.